The first-order chi connectivity index (χ1) is 8.58. The van der Waals surface area contributed by atoms with Crippen LogP contribution >= 0.6 is 0 Å². The van der Waals surface area contributed by atoms with Crippen molar-refractivity contribution in [3.05, 3.63) is 47.5 Å². The molecule has 94 valence electrons. The number of hydrogen-bond acceptors (Lipinski definition) is 3. The van der Waals surface area contributed by atoms with Crippen molar-refractivity contribution in [3.63, 3.8) is 0 Å². The molecule has 3 N–H and O–H groups in total. The minimum atomic E-state index is -0.0591. The Hall–Kier alpha value is -2.30. The Morgan fingerprint density at radius 1 is 1.50 bits per heavy atom. The molecular formula is C13H16N4O. The number of amides is 1. The lowest BCUT2D eigenvalue weighted by Gasteiger charge is -2.17. The van der Waals surface area contributed by atoms with E-state index >= 15 is 0 Å². The number of nitrogens with zero attached hydrogens (tertiary/aromatic N) is 2. The zero-order valence-corrected chi connectivity index (χ0v) is 10.5. The maximum absolute atomic E-state index is 12.3. The zero-order valence-electron chi connectivity index (χ0n) is 10.5. The van der Waals surface area contributed by atoms with Crippen molar-refractivity contribution in [1.29, 1.82) is 0 Å². The second-order valence-corrected chi connectivity index (χ2v) is 4.27. The molecule has 0 saturated heterocycles. The fourth-order valence-electron chi connectivity index (χ4n) is 1.76. The minimum Gasteiger partial charge on any atom is -0.399 e. The lowest BCUT2D eigenvalue weighted by Crippen LogP contribution is -2.27. The number of nitrogens with two attached hydrogens (primary N) is 1. The van der Waals surface area contributed by atoms with E-state index in [9.17, 15) is 4.79 Å². The molecule has 5 nitrogen and oxygen atoms in total. The van der Waals surface area contributed by atoms with Gasteiger partial charge in [0, 0.05) is 30.7 Å². The molecule has 1 aromatic heterocycles. The highest BCUT2D eigenvalue weighted by Crippen LogP contribution is 2.15. The first-order valence-electron chi connectivity index (χ1n) is 5.68. The number of imidazole rings is 1. The van der Waals surface area contributed by atoms with Gasteiger partial charge in [0.05, 0.1) is 6.54 Å². The molecule has 0 aliphatic rings. The molecule has 1 aromatic carbocycles. The van der Waals surface area contributed by atoms with Crippen LogP contribution in [0.2, 0.25) is 0 Å². The van der Waals surface area contributed by atoms with Gasteiger partial charge in [-0.1, -0.05) is 6.07 Å². The van der Waals surface area contributed by atoms with Crippen LogP contribution in [0.3, 0.4) is 0 Å². The van der Waals surface area contributed by atoms with Crippen molar-refractivity contribution >= 4 is 11.6 Å². The standard InChI is InChI=1S/C13H16N4O/c1-9-3-4-10(14)7-11(9)13(18)17(2)8-12-15-5-6-16-12/h3-7H,8,14H2,1-2H3,(H,15,16). The van der Waals surface area contributed by atoms with Crippen molar-refractivity contribution in [3.8, 4) is 0 Å². The molecule has 0 aliphatic carbocycles. The third kappa shape index (κ3) is 2.51. The Kier molecular flexibility index (Phi) is 3.32. The summed E-state index contributed by atoms with van der Waals surface area (Å²) in [7, 11) is 1.74. The quantitative estimate of drug-likeness (QED) is 0.805. The van der Waals surface area contributed by atoms with E-state index < -0.39 is 0 Å². The van der Waals surface area contributed by atoms with Crippen molar-refractivity contribution in [2.45, 2.75) is 13.5 Å². The normalized spacial score (nSPS) is 10.3. The molecule has 0 spiro atoms. The third-order valence-corrected chi connectivity index (χ3v) is 2.78. The Labute approximate surface area is 106 Å². The van der Waals surface area contributed by atoms with Crippen molar-refractivity contribution in [2.75, 3.05) is 12.8 Å². The number of carbonyl (C=O) groups excluding carboxylic acids is 1. The summed E-state index contributed by atoms with van der Waals surface area (Å²) in [5, 5.41) is 0. The average molecular weight is 244 g/mol. The Morgan fingerprint density at radius 2 is 2.28 bits per heavy atom. The van der Waals surface area contributed by atoms with Crippen LogP contribution in [-0.2, 0) is 6.54 Å². The average Bonchev–Trinajstić information content (AvgIpc) is 2.84. The highest BCUT2D eigenvalue weighted by Gasteiger charge is 2.15. The molecule has 18 heavy (non-hydrogen) atoms. The van der Waals surface area contributed by atoms with Crippen LogP contribution in [0, 0.1) is 6.92 Å². The van der Waals surface area contributed by atoms with Gasteiger partial charge in [0.2, 0.25) is 0 Å². The number of anilines is 1. The fraction of sp³-hybridized carbons (Fsp3) is 0.231. The molecule has 0 saturated carbocycles. The van der Waals surface area contributed by atoms with Gasteiger partial charge in [0.1, 0.15) is 5.82 Å². The predicted octanol–water partition coefficient (Wildman–Crippen LogP) is 1.57. The van der Waals surface area contributed by atoms with Crippen LogP contribution in [0.15, 0.2) is 30.6 Å². The van der Waals surface area contributed by atoms with E-state index in [1.807, 2.05) is 13.0 Å². The van der Waals surface area contributed by atoms with Crippen molar-refractivity contribution < 1.29 is 4.79 Å². The summed E-state index contributed by atoms with van der Waals surface area (Å²) in [4.78, 5) is 21.0. The maximum Gasteiger partial charge on any atom is 0.254 e. The number of hydrogen-bond donors (Lipinski definition) is 2. The van der Waals surface area contributed by atoms with E-state index in [1.54, 1.807) is 36.5 Å². The molecule has 0 fully saturated rings. The van der Waals surface area contributed by atoms with E-state index in [0.717, 1.165) is 11.4 Å². The molecule has 2 rings (SSSR count). The second-order valence-electron chi connectivity index (χ2n) is 4.27. The fourth-order valence-corrected chi connectivity index (χ4v) is 1.76. The second kappa shape index (κ2) is 4.91. The summed E-state index contributed by atoms with van der Waals surface area (Å²) in [6.45, 7) is 2.34. The van der Waals surface area contributed by atoms with Gasteiger partial charge >= 0.3 is 0 Å². The molecule has 0 atom stereocenters. The Morgan fingerprint density at radius 3 is 2.94 bits per heavy atom. The van der Waals surface area contributed by atoms with Gasteiger partial charge in [0.25, 0.3) is 5.91 Å². The molecule has 1 heterocycles. The van der Waals surface area contributed by atoms with Gasteiger partial charge < -0.3 is 15.6 Å². The van der Waals surface area contributed by atoms with Crippen LogP contribution < -0.4 is 5.73 Å². The van der Waals surface area contributed by atoms with Gasteiger partial charge in [-0.05, 0) is 24.6 Å². The topological polar surface area (TPSA) is 75.0 Å². The van der Waals surface area contributed by atoms with Crippen LogP contribution in [0.5, 0.6) is 0 Å². The minimum absolute atomic E-state index is 0.0591. The van der Waals surface area contributed by atoms with Gasteiger partial charge in [-0.25, -0.2) is 4.98 Å². The van der Waals surface area contributed by atoms with Crippen LogP contribution in [0.4, 0.5) is 5.69 Å². The lowest BCUT2D eigenvalue weighted by molar-refractivity contribution is 0.0781. The van der Waals surface area contributed by atoms with Gasteiger partial charge in [-0.2, -0.15) is 0 Å². The SMILES string of the molecule is Cc1ccc(N)cc1C(=O)N(C)Cc1ncc[nH]1. The number of rotatable bonds is 3. The zero-order chi connectivity index (χ0) is 13.1. The summed E-state index contributed by atoms with van der Waals surface area (Å²) in [5.41, 5.74) is 7.85. The number of aromatic amines is 1. The maximum atomic E-state index is 12.3. The summed E-state index contributed by atoms with van der Waals surface area (Å²) in [6.07, 6.45) is 3.40. The summed E-state index contributed by atoms with van der Waals surface area (Å²) < 4.78 is 0. The van der Waals surface area contributed by atoms with Crippen molar-refractivity contribution in [2.24, 2.45) is 0 Å². The molecule has 0 radical (unpaired) electrons. The number of aryl methyl sites for hydroxylation is 1. The van der Waals surface area contributed by atoms with Crippen LogP contribution in [-0.4, -0.2) is 27.8 Å². The molecule has 0 aliphatic heterocycles. The highest BCUT2D eigenvalue weighted by molar-refractivity contribution is 5.96. The Balaban J connectivity index is 2.17. The monoisotopic (exact) mass is 244 g/mol. The first-order valence-corrected chi connectivity index (χ1v) is 5.68. The molecule has 2 aromatic rings. The number of carbonyl (C=O) groups is 1. The third-order valence-electron chi connectivity index (χ3n) is 2.78. The van der Waals surface area contributed by atoms with E-state index in [0.29, 0.717) is 17.8 Å². The van der Waals surface area contributed by atoms with Gasteiger partial charge in [0.15, 0.2) is 0 Å². The molecular weight excluding hydrogens is 228 g/mol. The predicted molar refractivity (Wildman–Crippen MR) is 70.0 cm³/mol. The largest absolute Gasteiger partial charge is 0.399 e. The molecule has 0 bridgehead atoms. The number of aromatic nitrogens is 2. The highest BCUT2D eigenvalue weighted by atomic mass is 16.2. The molecule has 0 unspecified atom stereocenters. The van der Waals surface area contributed by atoms with Gasteiger partial charge in [-0.3, -0.25) is 4.79 Å². The van der Waals surface area contributed by atoms with E-state index in [4.69, 9.17) is 5.73 Å². The summed E-state index contributed by atoms with van der Waals surface area (Å²) in [6, 6.07) is 5.35. The molecule has 5 heteroatoms. The number of nitrogen functional groups attached to an aromatic ring is 1. The van der Waals surface area contributed by atoms with E-state index in [1.165, 1.54) is 0 Å². The summed E-state index contributed by atoms with van der Waals surface area (Å²) in [5.74, 6) is 0.698. The number of H-pyrrole nitrogens is 1. The van der Waals surface area contributed by atoms with Gasteiger partial charge in [-0.15, -0.1) is 0 Å². The van der Waals surface area contributed by atoms with Crippen LogP contribution in [0.25, 0.3) is 0 Å². The smallest absolute Gasteiger partial charge is 0.254 e. The molecule has 1 amide bonds. The Bertz CT molecular complexity index is 548. The summed E-state index contributed by atoms with van der Waals surface area (Å²) >= 11 is 0. The van der Waals surface area contributed by atoms with E-state index in [2.05, 4.69) is 9.97 Å². The van der Waals surface area contributed by atoms with Crippen molar-refractivity contribution in [1.82, 2.24) is 14.9 Å². The van der Waals surface area contributed by atoms with E-state index in [-0.39, 0.29) is 5.91 Å². The number of nitrogens with one attached hydrogen (secondary N) is 1. The first kappa shape index (κ1) is 12.2. The number of benzene rings is 1. The van der Waals surface area contributed by atoms with Crippen LogP contribution in [0.1, 0.15) is 21.7 Å². The lowest BCUT2D eigenvalue weighted by atomic mass is 10.1.